The fraction of sp³-hybridized carbons (Fsp3) is 0.474. The lowest BCUT2D eigenvalue weighted by Gasteiger charge is -2.26. The minimum Gasteiger partial charge on any atom is -0.373 e. The van der Waals surface area contributed by atoms with Gasteiger partial charge in [-0.05, 0) is 44.7 Å². The van der Waals surface area contributed by atoms with Gasteiger partial charge in [0.25, 0.3) is 0 Å². The van der Waals surface area contributed by atoms with Crippen LogP contribution in [0, 0.1) is 18.8 Å². The Labute approximate surface area is 156 Å². The molecule has 0 saturated heterocycles. The third-order valence-electron chi connectivity index (χ3n) is 5.41. The topological polar surface area (TPSA) is 52.3 Å². The Morgan fingerprint density at radius 3 is 2.48 bits per heavy atom. The van der Waals surface area contributed by atoms with Crippen molar-refractivity contribution in [1.82, 2.24) is 5.16 Å². The standard InChI is InChI=1S/C19H19Cl2NO3/c1-10-14(9-24-13-7-11-5-6-12(8-13)19(11)23)18(22-25-10)17-15(20)3-2-4-16(17)21/h2-4,11-13H,5-9H2,1H3/t11-,12+,13+. The number of fused-ring (bicyclic) bond motifs is 2. The highest BCUT2D eigenvalue weighted by atomic mass is 35.5. The summed E-state index contributed by atoms with van der Waals surface area (Å²) >= 11 is 12.6. The molecule has 4 nitrogen and oxygen atoms in total. The van der Waals surface area contributed by atoms with Crippen LogP contribution in [-0.2, 0) is 16.1 Å². The van der Waals surface area contributed by atoms with E-state index in [1.807, 2.05) is 6.92 Å². The zero-order chi connectivity index (χ0) is 17.6. The molecule has 2 bridgehead atoms. The molecule has 0 aliphatic heterocycles. The third kappa shape index (κ3) is 3.12. The average molecular weight is 380 g/mol. The summed E-state index contributed by atoms with van der Waals surface area (Å²) in [6.07, 6.45) is 3.77. The summed E-state index contributed by atoms with van der Waals surface area (Å²) in [6, 6.07) is 5.36. The van der Waals surface area contributed by atoms with Crippen LogP contribution in [0.15, 0.2) is 22.7 Å². The fourth-order valence-electron chi connectivity index (χ4n) is 4.04. The highest BCUT2D eigenvalue weighted by molar-refractivity contribution is 6.39. The van der Waals surface area contributed by atoms with Gasteiger partial charge in [-0.25, -0.2) is 0 Å². The van der Waals surface area contributed by atoms with E-state index in [-0.39, 0.29) is 17.9 Å². The van der Waals surface area contributed by atoms with Crippen LogP contribution in [0.1, 0.15) is 37.0 Å². The first-order chi connectivity index (χ1) is 12.0. The maximum atomic E-state index is 12.0. The molecular formula is C19H19Cl2NO3. The van der Waals surface area contributed by atoms with Crippen molar-refractivity contribution in [1.29, 1.82) is 0 Å². The number of halogens is 2. The van der Waals surface area contributed by atoms with Gasteiger partial charge in [-0.1, -0.05) is 34.4 Å². The molecule has 4 rings (SSSR count). The Morgan fingerprint density at radius 2 is 1.84 bits per heavy atom. The van der Waals surface area contributed by atoms with Gasteiger partial charge in [-0.15, -0.1) is 0 Å². The van der Waals surface area contributed by atoms with E-state index >= 15 is 0 Å². The van der Waals surface area contributed by atoms with Gasteiger partial charge in [-0.2, -0.15) is 0 Å². The van der Waals surface area contributed by atoms with Gasteiger partial charge in [0, 0.05) is 23.0 Å². The number of hydrogen-bond donors (Lipinski definition) is 0. The molecule has 2 aliphatic carbocycles. The Kier molecular flexibility index (Phi) is 4.61. The van der Waals surface area contributed by atoms with E-state index in [2.05, 4.69) is 5.16 Å². The minimum atomic E-state index is 0.110. The lowest BCUT2D eigenvalue weighted by Crippen LogP contribution is -2.30. The second kappa shape index (κ2) is 6.75. The number of benzene rings is 1. The third-order valence-corrected chi connectivity index (χ3v) is 6.04. The smallest absolute Gasteiger partial charge is 0.139 e. The van der Waals surface area contributed by atoms with Crippen LogP contribution in [0.4, 0.5) is 0 Å². The molecule has 0 N–H and O–H groups in total. The second-order valence-corrected chi connectivity index (χ2v) is 7.75. The Hall–Kier alpha value is -1.36. The average Bonchev–Trinajstić information content (AvgIpc) is 3.01. The summed E-state index contributed by atoms with van der Waals surface area (Å²) in [7, 11) is 0. The Balaban J connectivity index is 1.54. The van der Waals surface area contributed by atoms with E-state index in [0.29, 0.717) is 39.5 Å². The van der Waals surface area contributed by atoms with Crippen LogP contribution in [0.25, 0.3) is 11.3 Å². The molecule has 2 saturated carbocycles. The number of nitrogens with zero attached hydrogens (tertiary/aromatic N) is 1. The molecule has 0 amide bonds. The number of hydrogen-bond acceptors (Lipinski definition) is 4. The Bertz CT molecular complexity index is 781. The predicted molar refractivity (Wildman–Crippen MR) is 95.7 cm³/mol. The molecule has 1 aromatic carbocycles. The normalized spacial score (nSPS) is 25.6. The lowest BCUT2D eigenvalue weighted by atomic mass is 9.86. The molecule has 2 fully saturated rings. The molecule has 0 spiro atoms. The van der Waals surface area contributed by atoms with Crippen molar-refractivity contribution in [2.24, 2.45) is 11.8 Å². The van der Waals surface area contributed by atoms with Crippen LogP contribution in [0.2, 0.25) is 10.0 Å². The van der Waals surface area contributed by atoms with E-state index in [0.717, 1.165) is 31.2 Å². The first-order valence-corrected chi connectivity index (χ1v) is 9.35. The van der Waals surface area contributed by atoms with Gasteiger partial charge < -0.3 is 9.26 Å². The number of rotatable bonds is 4. The molecule has 132 valence electrons. The van der Waals surface area contributed by atoms with Gasteiger partial charge in [0.05, 0.1) is 22.8 Å². The monoisotopic (exact) mass is 379 g/mol. The van der Waals surface area contributed by atoms with Crippen LogP contribution in [-0.4, -0.2) is 17.0 Å². The molecule has 1 heterocycles. The van der Waals surface area contributed by atoms with Crippen molar-refractivity contribution in [3.63, 3.8) is 0 Å². The van der Waals surface area contributed by atoms with Crippen molar-refractivity contribution in [2.45, 2.75) is 45.3 Å². The quantitative estimate of drug-likeness (QED) is 0.729. The summed E-state index contributed by atoms with van der Waals surface area (Å²) in [5, 5.41) is 5.21. The number of aromatic nitrogens is 1. The number of aryl methyl sites for hydroxylation is 1. The molecule has 3 atom stereocenters. The van der Waals surface area contributed by atoms with E-state index in [1.165, 1.54) is 0 Å². The number of Topliss-reactive ketones (excluding diaryl/α,β-unsaturated/α-hetero) is 1. The summed E-state index contributed by atoms with van der Waals surface area (Å²) in [5.74, 6) is 1.50. The highest BCUT2D eigenvalue weighted by Crippen LogP contribution is 2.41. The highest BCUT2D eigenvalue weighted by Gasteiger charge is 2.41. The van der Waals surface area contributed by atoms with E-state index in [9.17, 15) is 4.79 Å². The zero-order valence-electron chi connectivity index (χ0n) is 13.9. The molecule has 2 aliphatic rings. The largest absolute Gasteiger partial charge is 0.373 e. The summed E-state index contributed by atoms with van der Waals surface area (Å²) in [5.41, 5.74) is 2.15. The SMILES string of the molecule is Cc1onc(-c2c(Cl)cccc2Cl)c1CO[C@H]1C[C@H]2CC[C@@H](C1)C2=O. The van der Waals surface area contributed by atoms with Crippen LogP contribution in [0.5, 0.6) is 0 Å². The zero-order valence-corrected chi connectivity index (χ0v) is 15.4. The Morgan fingerprint density at radius 1 is 1.20 bits per heavy atom. The van der Waals surface area contributed by atoms with Gasteiger partial charge in [0.2, 0.25) is 0 Å². The van der Waals surface area contributed by atoms with Crippen LogP contribution < -0.4 is 0 Å². The number of ether oxygens (including phenoxy) is 1. The number of carbonyl (C=O) groups is 1. The van der Waals surface area contributed by atoms with Crippen LogP contribution in [0.3, 0.4) is 0 Å². The van der Waals surface area contributed by atoms with E-state index in [1.54, 1.807) is 18.2 Å². The summed E-state index contributed by atoms with van der Waals surface area (Å²) in [6.45, 7) is 2.23. The molecule has 0 unspecified atom stereocenters. The molecule has 1 aromatic heterocycles. The first kappa shape index (κ1) is 17.1. The predicted octanol–water partition coefficient (Wildman–Crippen LogP) is 5.23. The number of ketones is 1. The van der Waals surface area contributed by atoms with Crippen molar-refractivity contribution >= 4 is 29.0 Å². The maximum absolute atomic E-state index is 12.0. The summed E-state index contributed by atoms with van der Waals surface area (Å²) < 4.78 is 11.5. The second-order valence-electron chi connectivity index (χ2n) is 6.94. The molecule has 25 heavy (non-hydrogen) atoms. The van der Waals surface area contributed by atoms with Crippen molar-refractivity contribution < 1.29 is 14.1 Å². The molecule has 6 heteroatoms. The molecule has 0 radical (unpaired) electrons. The summed E-state index contributed by atoms with van der Waals surface area (Å²) in [4.78, 5) is 12.0. The lowest BCUT2D eigenvalue weighted by molar-refractivity contribution is -0.130. The number of carbonyl (C=O) groups excluding carboxylic acids is 1. The van der Waals surface area contributed by atoms with Crippen molar-refractivity contribution in [3.05, 3.63) is 39.6 Å². The minimum absolute atomic E-state index is 0.110. The van der Waals surface area contributed by atoms with Crippen molar-refractivity contribution in [3.8, 4) is 11.3 Å². The van der Waals surface area contributed by atoms with Gasteiger partial charge in [0.1, 0.15) is 17.2 Å². The molecular weight excluding hydrogens is 361 g/mol. The van der Waals surface area contributed by atoms with Crippen molar-refractivity contribution in [2.75, 3.05) is 0 Å². The maximum Gasteiger partial charge on any atom is 0.139 e. The van der Waals surface area contributed by atoms with Gasteiger partial charge in [0.15, 0.2) is 0 Å². The molecule has 2 aromatic rings. The van der Waals surface area contributed by atoms with Gasteiger partial charge in [-0.3, -0.25) is 4.79 Å². The van der Waals surface area contributed by atoms with E-state index < -0.39 is 0 Å². The van der Waals surface area contributed by atoms with E-state index in [4.69, 9.17) is 32.5 Å². The first-order valence-electron chi connectivity index (χ1n) is 8.59. The van der Waals surface area contributed by atoms with Crippen LogP contribution >= 0.6 is 23.2 Å². The fourth-order valence-corrected chi connectivity index (χ4v) is 4.61. The van der Waals surface area contributed by atoms with Gasteiger partial charge >= 0.3 is 0 Å².